The lowest BCUT2D eigenvalue weighted by atomic mass is 10.0. The minimum Gasteiger partial charge on any atom is -0.352 e. The molecule has 0 aromatic heterocycles. The van der Waals surface area contributed by atoms with Crippen LogP contribution in [0, 0.1) is 20.8 Å². The van der Waals surface area contributed by atoms with Crippen LogP contribution in [-0.2, 0) is 32.6 Å². The van der Waals surface area contributed by atoms with Crippen LogP contribution in [0.4, 0.5) is 5.69 Å². The molecule has 0 radical (unpaired) electrons. The average Bonchev–Trinajstić information content (AvgIpc) is 2.88. The minimum atomic E-state index is -3.80. The van der Waals surface area contributed by atoms with Crippen LogP contribution in [0.1, 0.15) is 48.1 Å². The van der Waals surface area contributed by atoms with Crippen molar-refractivity contribution in [3.05, 3.63) is 101 Å². The van der Waals surface area contributed by atoms with Crippen molar-refractivity contribution in [2.75, 3.05) is 17.1 Å². The van der Waals surface area contributed by atoms with Gasteiger partial charge in [0.2, 0.25) is 21.8 Å². The van der Waals surface area contributed by atoms with Crippen molar-refractivity contribution in [2.45, 2.75) is 66.1 Å². The Morgan fingerprint density at radius 1 is 0.850 bits per heavy atom. The van der Waals surface area contributed by atoms with Crippen molar-refractivity contribution >= 4 is 27.5 Å². The Kier molecular flexibility index (Phi) is 10.5. The zero-order chi connectivity index (χ0) is 29.4. The standard InChI is InChI=1S/C32H41N3O4S/c1-7-26(5)33-32(37)30(20-27-13-9-8-10-14-27)34(21-28-15-11-12-23(2)17-28)31(36)22-35(40(6,38)39)29-18-24(3)16-25(4)19-29/h8-19,26,30H,7,20-22H2,1-6H3,(H,33,37). The summed E-state index contributed by atoms with van der Waals surface area (Å²) in [5, 5.41) is 3.05. The van der Waals surface area contributed by atoms with Gasteiger partial charge in [0.25, 0.3) is 0 Å². The first-order valence-corrected chi connectivity index (χ1v) is 15.5. The Hall–Kier alpha value is -3.65. The topological polar surface area (TPSA) is 86.8 Å². The molecule has 0 saturated heterocycles. The normalized spacial score (nSPS) is 12.8. The third kappa shape index (κ3) is 8.68. The molecule has 2 amide bonds. The van der Waals surface area contributed by atoms with E-state index >= 15 is 0 Å². The van der Waals surface area contributed by atoms with E-state index in [9.17, 15) is 18.0 Å². The summed E-state index contributed by atoms with van der Waals surface area (Å²) in [5.74, 6) is -0.720. The molecule has 214 valence electrons. The summed E-state index contributed by atoms with van der Waals surface area (Å²) in [5.41, 5.74) is 5.00. The van der Waals surface area contributed by atoms with Crippen molar-refractivity contribution in [1.82, 2.24) is 10.2 Å². The summed E-state index contributed by atoms with van der Waals surface area (Å²) >= 11 is 0. The molecule has 3 aromatic rings. The highest BCUT2D eigenvalue weighted by Crippen LogP contribution is 2.23. The molecule has 0 spiro atoms. The molecular weight excluding hydrogens is 522 g/mol. The van der Waals surface area contributed by atoms with Gasteiger partial charge in [0.05, 0.1) is 11.9 Å². The molecule has 0 aliphatic heterocycles. The SMILES string of the molecule is CCC(C)NC(=O)C(Cc1ccccc1)N(Cc1cccc(C)c1)C(=O)CN(c1cc(C)cc(C)c1)S(C)(=O)=O. The van der Waals surface area contributed by atoms with Gasteiger partial charge in [-0.25, -0.2) is 8.42 Å². The van der Waals surface area contributed by atoms with Crippen molar-refractivity contribution in [1.29, 1.82) is 0 Å². The van der Waals surface area contributed by atoms with Gasteiger partial charge in [0, 0.05) is 19.0 Å². The molecule has 0 fully saturated rings. The number of amides is 2. The molecule has 2 unspecified atom stereocenters. The summed E-state index contributed by atoms with van der Waals surface area (Å²) in [6.45, 7) is 9.40. The van der Waals surface area contributed by atoms with Gasteiger partial charge < -0.3 is 10.2 Å². The zero-order valence-corrected chi connectivity index (χ0v) is 25.2. The van der Waals surface area contributed by atoms with E-state index in [1.165, 1.54) is 4.90 Å². The van der Waals surface area contributed by atoms with E-state index in [1.807, 2.05) is 95.3 Å². The number of aryl methyl sites for hydroxylation is 3. The van der Waals surface area contributed by atoms with Crippen LogP contribution in [0.15, 0.2) is 72.8 Å². The van der Waals surface area contributed by atoms with Crippen LogP contribution >= 0.6 is 0 Å². The van der Waals surface area contributed by atoms with Gasteiger partial charge >= 0.3 is 0 Å². The Labute approximate surface area is 239 Å². The lowest BCUT2D eigenvalue weighted by Gasteiger charge is -2.34. The Balaban J connectivity index is 2.08. The average molecular weight is 564 g/mol. The van der Waals surface area contributed by atoms with Gasteiger partial charge in [-0.3, -0.25) is 13.9 Å². The first-order valence-electron chi connectivity index (χ1n) is 13.6. The molecule has 7 nitrogen and oxygen atoms in total. The van der Waals surface area contributed by atoms with Crippen LogP contribution in [0.3, 0.4) is 0 Å². The molecule has 3 aromatic carbocycles. The Morgan fingerprint density at radius 2 is 1.48 bits per heavy atom. The Bertz CT molecular complexity index is 1400. The van der Waals surface area contributed by atoms with E-state index in [0.717, 1.165) is 44.8 Å². The lowest BCUT2D eigenvalue weighted by molar-refractivity contribution is -0.140. The van der Waals surface area contributed by atoms with E-state index in [0.29, 0.717) is 12.1 Å². The number of hydrogen-bond donors (Lipinski definition) is 1. The van der Waals surface area contributed by atoms with Crippen LogP contribution < -0.4 is 9.62 Å². The van der Waals surface area contributed by atoms with Gasteiger partial charge in [-0.2, -0.15) is 0 Å². The van der Waals surface area contributed by atoms with E-state index in [4.69, 9.17) is 0 Å². The molecule has 0 heterocycles. The van der Waals surface area contributed by atoms with Gasteiger partial charge in [-0.15, -0.1) is 0 Å². The smallest absolute Gasteiger partial charge is 0.244 e. The van der Waals surface area contributed by atoms with Crippen LogP contribution in [0.5, 0.6) is 0 Å². The second-order valence-corrected chi connectivity index (χ2v) is 12.6. The molecule has 1 N–H and O–H groups in total. The van der Waals surface area contributed by atoms with E-state index in [2.05, 4.69) is 5.32 Å². The van der Waals surface area contributed by atoms with Crippen LogP contribution in [-0.4, -0.2) is 50.0 Å². The number of hydrogen-bond acceptors (Lipinski definition) is 4. The maximum Gasteiger partial charge on any atom is 0.244 e. The number of rotatable bonds is 12. The predicted molar refractivity (Wildman–Crippen MR) is 162 cm³/mol. The van der Waals surface area contributed by atoms with Crippen LogP contribution in [0.2, 0.25) is 0 Å². The van der Waals surface area contributed by atoms with Crippen molar-refractivity contribution < 1.29 is 18.0 Å². The summed E-state index contributed by atoms with van der Waals surface area (Å²) in [4.78, 5) is 29.4. The molecule has 0 aliphatic rings. The van der Waals surface area contributed by atoms with Gasteiger partial charge in [-0.05, 0) is 68.5 Å². The molecule has 0 aliphatic carbocycles. The maximum absolute atomic E-state index is 14.2. The van der Waals surface area contributed by atoms with Gasteiger partial charge in [0.1, 0.15) is 12.6 Å². The summed E-state index contributed by atoms with van der Waals surface area (Å²) < 4.78 is 27.1. The summed E-state index contributed by atoms with van der Waals surface area (Å²) in [6, 6.07) is 21.9. The predicted octanol–water partition coefficient (Wildman–Crippen LogP) is 4.93. The minimum absolute atomic E-state index is 0.0792. The number of nitrogens with one attached hydrogen (secondary N) is 1. The highest BCUT2D eigenvalue weighted by molar-refractivity contribution is 7.92. The van der Waals surface area contributed by atoms with Crippen molar-refractivity contribution in [2.24, 2.45) is 0 Å². The highest BCUT2D eigenvalue weighted by Gasteiger charge is 2.33. The maximum atomic E-state index is 14.2. The summed E-state index contributed by atoms with van der Waals surface area (Å²) in [7, 11) is -3.80. The molecule has 0 bridgehead atoms. The largest absolute Gasteiger partial charge is 0.352 e. The first kappa shape index (κ1) is 30.9. The second kappa shape index (κ2) is 13.6. The van der Waals surface area contributed by atoms with Gasteiger partial charge in [0.15, 0.2) is 0 Å². The number of sulfonamides is 1. The fourth-order valence-corrected chi connectivity index (χ4v) is 5.54. The van der Waals surface area contributed by atoms with E-state index in [1.54, 1.807) is 12.1 Å². The summed E-state index contributed by atoms with van der Waals surface area (Å²) in [6.07, 6.45) is 2.13. The third-order valence-electron chi connectivity index (χ3n) is 6.88. The fourth-order valence-electron chi connectivity index (χ4n) is 4.71. The number of carbonyl (C=O) groups excluding carboxylic acids is 2. The molecule has 2 atom stereocenters. The zero-order valence-electron chi connectivity index (χ0n) is 24.3. The molecule has 0 saturated carbocycles. The molecule has 3 rings (SSSR count). The molecule has 8 heteroatoms. The first-order chi connectivity index (χ1) is 18.9. The fraction of sp³-hybridized carbons (Fsp3) is 0.375. The number of anilines is 1. The van der Waals surface area contributed by atoms with Crippen molar-refractivity contribution in [3.63, 3.8) is 0 Å². The monoisotopic (exact) mass is 563 g/mol. The second-order valence-electron chi connectivity index (χ2n) is 10.6. The number of nitrogens with zero attached hydrogens (tertiary/aromatic N) is 2. The van der Waals surface area contributed by atoms with E-state index in [-0.39, 0.29) is 18.5 Å². The number of benzene rings is 3. The molecule has 40 heavy (non-hydrogen) atoms. The highest BCUT2D eigenvalue weighted by atomic mass is 32.2. The lowest BCUT2D eigenvalue weighted by Crippen LogP contribution is -2.54. The van der Waals surface area contributed by atoms with Gasteiger partial charge in [-0.1, -0.05) is 73.2 Å². The Morgan fingerprint density at radius 3 is 2.05 bits per heavy atom. The van der Waals surface area contributed by atoms with Crippen molar-refractivity contribution in [3.8, 4) is 0 Å². The number of carbonyl (C=O) groups is 2. The van der Waals surface area contributed by atoms with Crippen LogP contribution in [0.25, 0.3) is 0 Å². The van der Waals surface area contributed by atoms with E-state index < -0.39 is 28.5 Å². The quantitative estimate of drug-likeness (QED) is 0.339. The molecular formula is C32H41N3O4S. The third-order valence-corrected chi connectivity index (χ3v) is 8.02.